The van der Waals surface area contributed by atoms with Crippen LogP contribution >= 0.6 is 0 Å². The highest BCUT2D eigenvalue weighted by molar-refractivity contribution is 7.92. The number of aromatic hydroxyl groups is 1. The topological polar surface area (TPSA) is 98.7 Å². The van der Waals surface area contributed by atoms with Gasteiger partial charge in [0.2, 0.25) is 0 Å². The summed E-state index contributed by atoms with van der Waals surface area (Å²) in [6, 6.07) is 1.72. The van der Waals surface area contributed by atoms with Crippen molar-refractivity contribution in [3.63, 3.8) is 0 Å². The SMILES string of the molecule is O=C1CN(c2c(O)cc3c(c2F)CC[C@@H](NCCC2CCCC2)CC3)S(=O)(=O)N1. The van der Waals surface area contributed by atoms with Crippen molar-refractivity contribution in [3.05, 3.63) is 23.0 Å². The van der Waals surface area contributed by atoms with Crippen LogP contribution in [0.3, 0.4) is 0 Å². The van der Waals surface area contributed by atoms with Gasteiger partial charge in [0, 0.05) is 6.04 Å². The van der Waals surface area contributed by atoms with Gasteiger partial charge in [0.05, 0.1) is 0 Å². The van der Waals surface area contributed by atoms with E-state index in [1.807, 2.05) is 4.72 Å². The molecule has 2 fully saturated rings. The van der Waals surface area contributed by atoms with Gasteiger partial charge in [0.1, 0.15) is 18.0 Å². The van der Waals surface area contributed by atoms with Gasteiger partial charge in [0.25, 0.3) is 5.91 Å². The molecule has 1 aromatic rings. The highest BCUT2D eigenvalue weighted by Crippen LogP contribution is 2.39. The van der Waals surface area contributed by atoms with Crippen molar-refractivity contribution in [3.8, 4) is 5.75 Å². The Labute approximate surface area is 170 Å². The van der Waals surface area contributed by atoms with E-state index in [1.54, 1.807) is 0 Å². The second-order valence-corrected chi connectivity index (χ2v) is 10.00. The van der Waals surface area contributed by atoms with Gasteiger partial charge in [-0.3, -0.25) is 4.79 Å². The molecular weight excluding hydrogens is 397 g/mol. The van der Waals surface area contributed by atoms with Gasteiger partial charge >= 0.3 is 10.2 Å². The molecule has 0 spiro atoms. The van der Waals surface area contributed by atoms with Gasteiger partial charge in [-0.1, -0.05) is 25.7 Å². The average molecular weight is 426 g/mol. The van der Waals surface area contributed by atoms with Crippen LogP contribution in [0.5, 0.6) is 5.75 Å². The Morgan fingerprint density at radius 1 is 1.21 bits per heavy atom. The molecule has 1 atom stereocenters. The number of fused-ring (bicyclic) bond motifs is 1. The van der Waals surface area contributed by atoms with E-state index in [2.05, 4.69) is 5.32 Å². The third kappa shape index (κ3) is 4.21. The second-order valence-electron chi connectivity index (χ2n) is 8.40. The summed E-state index contributed by atoms with van der Waals surface area (Å²) in [7, 11) is -4.18. The summed E-state index contributed by atoms with van der Waals surface area (Å²) >= 11 is 0. The number of phenolic OH excluding ortho intramolecular Hbond substituents is 1. The zero-order valence-corrected chi connectivity index (χ0v) is 17.2. The molecule has 0 radical (unpaired) electrons. The van der Waals surface area contributed by atoms with E-state index in [-0.39, 0.29) is 6.04 Å². The summed E-state index contributed by atoms with van der Waals surface area (Å²) in [6.45, 7) is 0.432. The summed E-state index contributed by atoms with van der Waals surface area (Å²) in [5.74, 6) is -1.12. The van der Waals surface area contributed by atoms with Crippen LogP contribution in [0.25, 0.3) is 0 Å². The Bertz CT molecular complexity index is 899. The van der Waals surface area contributed by atoms with Gasteiger partial charge in [-0.05, 0) is 61.8 Å². The molecule has 1 heterocycles. The number of halogens is 1. The quantitative estimate of drug-likeness (QED) is 0.628. The first-order valence-corrected chi connectivity index (χ1v) is 11.9. The number of benzene rings is 1. The van der Waals surface area contributed by atoms with Crippen LogP contribution in [0.1, 0.15) is 56.1 Å². The predicted octanol–water partition coefficient (Wildman–Crippen LogP) is 2.13. The summed E-state index contributed by atoms with van der Waals surface area (Å²) in [4.78, 5) is 11.5. The number of anilines is 1. The fourth-order valence-electron chi connectivity index (χ4n) is 4.88. The lowest BCUT2D eigenvalue weighted by molar-refractivity contribution is -0.117. The Balaban J connectivity index is 1.48. The molecule has 7 nitrogen and oxygen atoms in total. The molecule has 0 aromatic heterocycles. The van der Waals surface area contributed by atoms with E-state index in [1.165, 1.54) is 38.2 Å². The molecule has 1 saturated heterocycles. The third-order valence-electron chi connectivity index (χ3n) is 6.45. The maximum absolute atomic E-state index is 15.3. The third-order valence-corrected chi connectivity index (χ3v) is 7.83. The molecule has 9 heteroatoms. The summed E-state index contributed by atoms with van der Waals surface area (Å²) < 4.78 is 41.9. The number of nitrogens with zero attached hydrogens (tertiary/aromatic N) is 1. The van der Waals surface area contributed by atoms with Crippen LogP contribution in [0.2, 0.25) is 0 Å². The van der Waals surface area contributed by atoms with Crippen LogP contribution in [0.4, 0.5) is 10.1 Å². The Morgan fingerprint density at radius 3 is 2.62 bits per heavy atom. The summed E-state index contributed by atoms with van der Waals surface area (Å²) in [6.07, 6.45) is 9.17. The molecule has 0 unspecified atom stereocenters. The molecule has 1 amide bonds. The van der Waals surface area contributed by atoms with Crippen LogP contribution in [0, 0.1) is 11.7 Å². The van der Waals surface area contributed by atoms with Crippen LogP contribution in [0.15, 0.2) is 6.07 Å². The molecule has 0 bridgehead atoms. The number of amides is 1. The van der Waals surface area contributed by atoms with E-state index in [0.717, 1.165) is 25.3 Å². The minimum atomic E-state index is -4.18. The molecule has 1 aliphatic heterocycles. The van der Waals surface area contributed by atoms with Crippen molar-refractivity contribution >= 4 is 21.8 Å². The minimum absolute atomic E-state index is 0.271. The molecule has 29 heavy (non-hydrogen) atoms. The number of carbonyl (C=O) groups is 1. The van der Waals surface area contributed by atoms with Crippen molar-refractivity contribution in [1.29, 1.82) is 0 Å². The first kappa shape index (κ1) is 20.4. The summed E-state index contributed by atoms with van der Waals surface area (Å²) in [5.41, 5.74) is 0.710. The summed E-state index contributed by atoms with van der Waals surface area (Å²) in [5, 5.41) is 13.9. The van der Waals surface area contributed by atoms with E-state index >= 15 is 4.39 Å². The molecular formula is C20H28FN3O4S. The molecule has 3 aliphatic rings. The van der Waals surface area contributed by atoms with Gasteiger partial charge < -0.3 is 10.4 Å². The molecule has 3 N–H and O–H groups in total. The van der Waals surface area contributed by atoms with Crippen LogP contribution < -0.4 is 14.3 Å². The highest BCUT2D eigenvalue weighted by atomic mass is 32.2. The van der Waals surface area contributed by atoms with Gasteiger partial charge in [-0.15, -0.1) is 0 Å². The fourth-order valence-corrected chi connectivity index (χ4v) is 6.04. The molecule has 1 saturated carbocycles. The lowest BCUT2D eigenvalue weighted by Gasteiger charge is -2.20. The number of rotatable bonds is 5. The van der Waals surface area contributed by atoms with Crippen molar-refractivity contribution in [1.82, 2.24) is 10.0 Å². The number of phenols is 1. The lowest BCUT2D eigenvalue weighted by Crippen LogP contribution is -2.31. The minimum Gasteiger partial charge on any atom is -0.506 e. The van der Waals surface area contributed by atoms with Crippen molar-refractivity contribution in [2.24, 2.45) is 5.92 Å². The van der Waals surface area contributed by atoms with E-state index in [0.29, 0.717) is 28.3 Å². The average Bonchev–Trinajstić information content (AvgIpc) is 3.19. The van der Waals surface area contributed by atoms with Gasteiger partial charge in [-0.25, -0.2) is 13.4 Å². The predicted molar refractivity (Wildman–Crippen MR) is 107 cm³/mol. The molecule has 2 aliphatic carbocycles. The molecule has 4 rings (SSSR count). The van der Waals surface area contributed by atoms with Gasteiger partial charge in [-0.2, -0.15) is 8.42 Å². The van der Waals surface area contributed by atoms with E-state index < -0.39 is 39.9 Å². The van der Waals surface area contributed by atoms with Crippen molar-refractivity contribution in [2.75, 3.05) is 17.4 Å². The number of nitrogens with one attached hydrogen (secondary N) is 2. The Kier molecular flexibility index (Phi) is 5.70. The smallest absolute Gasteiger partial charge is 0.326 e. The van der Waals surface area contributed by atoms with Crippen molar-refractivity contribution in [2.45, 2.75) is 63.8 Å². The van der Waals surface area contributed by atoms with Crippen molar-refractivity contribution < 1.29 is 22.7 Å². The molecule has 1 aromatic carbocycles. The standard InChI is InChI=1S/C20H28FN3O4S/c21-19-16-8-7-15(22-10-9-13-3-1-2-4-13)6-5-14(16)11-17(25)20(19)24-12-18(26)23-29(24,27)28/h11,13,15,22,25H,1-10,12H2,(H,23,26)/t15-/m0/s1. The zero-order chi connectivity index (χ0) is 20.6. The molecule has 160 valence electrons. The number of carbonyl (C=O) groups excluding carboxylic acids is 1. The van der Waals surface area contributed by atoms with Gasteiger partial charge in [0.15, 0.2) is 5.82 Å². The fraction of sp³-hybridized carbons (Fsp3) is 0.650. The Hall–Kier alpha value is -1.87. The highest BCUT2D eigenvalue weighted by Gasteiger charge is 2.38. The lowest BCUT2D eigenvalue weighted by atomic mass is 10.0. The Morgan fingerprint density at radius 2 is 1.93 bits per heavy atom. The van der Waals surface area contributed by atoms with Crippen LogP contribution in [-0.2, 0) is 27.8 Å². The second kappa shape index (κ2) is 8.10. The van der Waals surface area contributed by atoms with E-state index in [4.69, 9.17) is 0 Å². The van der Waals surface area contributed by atoms with Crippen LogP contribution in [-0.4, -0.2) is 38.6 Å². The number of hydrogen-bond donors (Lipinski definition) is 3. The number of aryl methyl sites for hydroxylation is 1. The maximum Gasteiger partial charge on any atom is 0.326 e. The zero-order valence-electron chi connectivity index (χ0n) is 16.4. The first-order valence-electron chi connectivity index (χ1n) is 10.4. The largest absolute Gasteiger partial charge is 0.506 e. The van der Waals surface area contributed by atoms with E-state index in [9.17, 15) is 18.3 Å². The monoisotopic (exact) mass is 425 g/mol. The maximum atomic E-state index is 15.3. The number of hydrogen-bond acceptors (Lipinski definition) is 5. The normalized spacial score (nSPS) is 24.4. The first-order chi connectivity index (χ1) is 13.8.